The fourth-order valence-corrected chi connectivity index (χ4v) is 1.38. The van der Waals surface area contributed by atoms with Crippen molar-refractivity contribution in [2.45, 2.75) is 32.4 Å². The van der Waals surface area contributed by atoms with Gasteiger partial charge >= 0.3 is 0 Å². The van der Waals surface area contributed by atoms with Crippen molar-refractivity contribution < 1.29 is 9.53 Å². The zero-order valence-electron chi connectivity index (χ0n) is 7.97. The quantitative estimate of drug-likeness (QED) is 0.619. The van der Waals surface area contributed by atoms with Gasteiger partial charge in [-0.3, -0.25) is 10.2 Å². The van der Waals surface area contributed by atoms with Crippen LogP contribution in [0.3, 0.4) is 0 Å². The topological polar surface area (TPSA) is 50.4 Å². The van der Waals surface area contributed by atoms with Gasteiger partial charge in [0.1, 0.15) is 0 Å². The molecule has 0 aromatic carbocycles. The van der Waals surface area contributed by atoms with Crippen molar-refractivity contribution in [3.05, 3.63) is 0 Å². The molecule has 0 saturated carbocycles. The van der Waals surface area contributed by atoms with E-state index in [1.54, 1.807) is 7.11 Å². The molecule has 4 heteroatoms. The van der Waals surface area contributed by atoms with Gasteiger partial charge in [0.25, 0.3) is 0 Å². The Labute approximate surface area is 72.6 Å². The Bertz CT molecular complexity index is 195. The lowest BCUT2D eigenvalue weighted by atomic mass is 9.84. The van der Waals surface area contributed by atoms with Gasteiger partial charge in [-0.1, -0.05) is 6.92 Å². The second kappa shape index (κ2) is 3.03. The molecule has 3 unspecified atom stereocenters. The van der Waals surface area contributed by atoms with Gasteiger partial charge in [0, 0.05) is 7.11 Å². The lowest BCUT2D eigenvalue weighted by Crippen LogP contribution is -2.52. The highest BCUT2D eigenvalue weighted by Gasteiger charge is 2.45. The second-order valence-corrected chi connectivity index (χ2v) is 3.50. The summed E-state index contributed by atoms with van der Waals surface area (Å²) in [5.74, 6) is -0.0335. The first-order chi connectivity index (χ1) is 5.52. The van der Waals surface area contributed by atoms with Crippen LogP contribution in [-0.2, 0) is 9.53 Å². The molecule has 3 atom stereocenters. The highest BCUT2D eigenvalue weighted by Crippen LogP contribution is 2.26. The Morgan fingerprint density at radius 2 is 2.25 bits per heavy atom. The fraction of sp³-hybridized carbons (Fsp3) is 0.875. The summed E-state index contributed by atoms with van der Waals surface area (Å²) in [4.78, 5) is 11.2. The number of hydrogen-bond acceptors (Lipinski definition) is 3. The number of rotatable bonds is 2. The molecular weight excluding hydrogens is 156 g/mol. The summed E-state index contributed by atoms with van der Waals surface area (Å²) in [5.41, 5.74) is 5.27. The van der Waals surface area contributed by atoms with Gasteiger partial charge in [0.15, 0.2) is 0 Å². The molecule has 0 bridgehead atoms. The summed E-state index contributed by atoms with van der Waals surface area (Å²) >= 11 is 0. The van der Waals surface area contributed by atoms with E-state index in [0.29, 0.717) is 0 Å². The monoisotopic (exact) mass is 172 g/mol. The minimum absolute atomic E-state index is 0.00597. The predicted molar refractivity (Wildman–Crippen MR) is 45.3 cm³/mol. The maximum absolute atomic E-state index is 11.2. The van der Waals surface area contributed by atoms with Crippen LogP contribution in [-0.4, -0.2) is 24.7 Å². The van der Waals surface area contributed by atoms with Crippen LogP contribution < -0.4 is 10.9 Å². The minimum Gasteiger partial charge on any atom is -0.380 e. The summed E-state index contributed by atoms with van der Waals surface area (Å²) < 4.78 is 5.20. The summed E-state index contributed by atoms with van der Waals surface area (Å²) in [6, 6.07) is 0. The molecule has 4 nitrogen and oxygen atoms in total. The smallest absolute Gasteiger partial charge is 0.238 e. The van der Waals surface area contributed by atoms with Crippen molar-refractivity contribution in [2.75, 3.05) is 7.11 Å². The van der Waals surface area contributed by atoms with Crippen LogP contribution in [0, 0.1) is 5.92 Å². The summed E-state index contributed by atoms with van der Waals surface area (Å²) in [7, 11) is 1.65. The van der Waals surface area contributed by atoms with E-state index in [1.165, 1.54) is 0 Å². The average Bonchev–Trinajstić information content (AvgIpc) is 2.33. The molecular formula is C8H16N2O2. The van der Waals surface area contributed by atoms with Crippen molar-refractivity contribution in [3.8, 4) is 0 Å². The molecule has 0 radical (unpaired) electrons. The zero-order valence-corrected chi connectivity index (χ0v) is 7.97. The third-order valence-corrected chi connectivity index (χ3v) is 2.95. The zero-order chi connectivity index (χ0) is 9.35. The molecule has 0 aromatic rings. The van der Waals surface area contributed by atoms with E-state index in [0.717, 1.165) is 0 Å². The number of carbonyl (C=O) groups excluding carboxylic acids is 1. The van der Waals surface area contributed by atoms with Gasteiger partial charge in [-0.15, -0.1) is 0 Å². The molecule has 0 aromatic heterocycles. The SMILES string of the molecule is COC(C)C1(C)NNC(=O)C1C. The Kier molecular flexibility index (Phi) is 2.39. The van der Waals surface area contributed by atoms with Crippen LogP contribution in [0.15, 0.2) is 0 Å². The number of methoxy groups -OCH3 is 1. The van der Waals surface area contributed by atoms with Gasteiger partial charge in [-0.05, 0) is 13.8 Å². The van der Waals surface area contributed by atoms with Crippen molar-refractivity contribution in [2.24, 2.45) is 5.92 Å². The maximum atomic E-state index is 11.2. The lowest BCUT2D eigenvalue weighted by Gasteiger charge is -2.32. The van der Waals surface area contributed by atoms with E-state index in [1.807, 2.05) is 20.8 Å². The third kappa shape index (κ3) is 1.21. The molecule has 1 heterocycles. The second-order valence-electron chi connectivity index (χ2n) is 3.50. The van der Waals surface area contributed by atoms with Crippen molar-refractivity contribution in [1.29, 1.82) is 0 Å². The van der Waals surface area contributed by atoms with Crippen LogP contribution in [0.1, 0.15) is 20.8 Å². The normalized spacial score (nSPS) is 38.0. The van der Waals surface area contributed by atoms with Gasteiger partial charge < -0.3 is 4.74 Å². The van der Waals surface area contributed by atoms with E-state index >= 15 is 0 Å². The van der Waals surface area contributed by atoms with Gasteiger partial charge in [-0.25, -0.2) is 5.43 Å². The number of hydrogen-bond donors (Lipinski definition) is 2. The molecule has 0 spiro atoms. The van der Waals surface area contributed by atoms with Crippen molar-refractivity contribution in [1.82, 2.24) is 10.9 Å². The predicted octanol–water partition coefficient (Wildman–Crippen LogP) is 0.0505. The Hall–Kier alpha value is -0.610. The Morgan fingerprint density at radius 1 is 1.67 bits per heavy atom. The lowest BCUT2D eigenvalue weighted by molar-refractivity contribution is -0.123. The molecule has 1 fully saturated rings. The molecule has 0 aliphatic carbocycles. The molecule has 1 amide bonds. The molecule has 1 rings (SSSR count). The summed E-state index contributed by atoms with van der Waals surface area (Å²) in [5, 5.41) is 0. The number of nitrogens with one attached hydrogen (secondary N) is 2. The first-order valence-corrected chi connectivity index (χ1v) is 4.12. The Morgan fingerprint density at radius 3 is 2.58 bits per heavy atom. The van der Waals surface area contributed by atoms with Crippen LogP contribution in [0.4, 0.5) is 0 Å². The van der Waals surface area contributed by atoms with E-state index < -0.39 is 0 Å². The maximum Gasteiger partial charge on any atom is 0.238 e. The van der Waals surface area contributed by atoms with Crippen LogP contribution in [0.2, 0.25) is 0 Å². The number of carbonyl (C=O) groups is 1. The molecule has 1 aliphatic rings. The van der Waals surface area contributed by atoms with E-state index in [4.69, 9.17) is 4.74 Å². The minimum atomic E-state index is -0.300. The highest BCUT2D eigenvalue weighted by atomic mass is 16.5. The van der Waals surface area contributed by atoms with E-state index in [2.05, 4.69) is 10.9 Å². The highest BCUT2D eigenvalue weighted by molar-refractivity contribution is 5.81. The third-order valence-electron chi connectivity index (χ3n) is 2.95. The van der Waals surface area contributed by atoms with Crippen molar-refractivity contribution in [3.63, 3.8) is 0 Å². The summed E-state index contributed by atoms with van der Waals surface area (Å²) in [6.45, 7) is 5.82. The van der Waals surface area contributed by atoms with Gasteiger partial charge in [-0.2, -0.15) is 0 Å². The van der Waals surface area contributed by atoms with Crippen LogP contribution in [0.5, 0.6) is 0 Å². The fourth-order valence-electron chi connectivity index (χ4n) is 1.38. The summed E-state index contributed by atoms with van der Waals surface area (Å²) in [6.07, 6.45) is 0.00597. The molecule has 1 aliphatic heterocycles. The van der Waals surface area contributed by atoms with Gasteiger partial charge in [0.2, 0.25) is 5.91 Å². The van der Waals surface area contributed by atoms with E-state index in [9.17, 15) is 4.79 Å². The number of ether oxygens (including phenoxy) is 1. The molecule has 70 valence electrons. The van der Waals surface area contributed by atoms with Gasteiger partial charge in [0.05, 0.1) is 17.6 Å². The number of hydrazine groups is 1. The molecule has 2 N–H and O–H groups in total. The first kappa shape index (κ1) is 9.48. The standard InChI is InChI=1S/C8H16N2O2/c1-5-7(11)9-10-8(5,3)6(2)12-4/h5-6,10H,1-4H3,(H,9,11). The first-order valence-electron chi connectivity index (χ1n) is 4.12. The van der Waals surface area contributed by atoms with E-state index in [-0.39, 0.29) is 23.5 Å². The van der Waals surface area contributed by atoms with Crippen LogP contribution >= 0.6 is 0 Å². The average molecular weight is 172 g/mol. The molecule has 12 heavy (non-hydrogen) atoms. The number of amides is 1. The van der Waals surface area contributed by atoms with Crippen LogP contribution in [0.25, 0.3) is 0 Å². The van der Waals surface area contributed by atoms with Crippen molar-refractivity contribution >= 4 is 5.91 Å². The largest absolute Gasteiger partial charge is 0.380 e. The Balaban J connectivity index is 2.78. The molecule has 1 saturated heterocycles.